The quantitative estimate of drug-likeness (QED) is 0.241. The van der Waals surface area contributed by atoms with E-state index in [4.69, 9.17) is 13.9 Å². The summed E-state index contributed by atoms with van der Waals surface area (Å²) in [6.45, 7) is 0.0259. The Hall–Kier alpha value is -3.64. The number of thioether (sulfide) groups is 1. The molecule has 0 fully saturated rings. The van der Waals surface area contributed by atoms with E-state index in [1.807, 2.05) is 12.1 Å². The van der Waals surface area contributed by atoms with Crippen molar-refractivity contribution in [2.75, 3.05) is 17.8 Å². The molecule has 7 nitrogen and oxygen atoms in total. The zero-order valence-electron chi connectivity index (χ0n) is 19.2. The van der Waals surface area contributed by atoms with Crippen LogP contribution in [0.25, 0.3) is 0 Å². The second kappa shape index (κ2) is 10.4. The molecule has 5 rings (SSSR count). The normalized spacial score (nSPS) is 12.6. The van der Waals surface area contributed by atoms with Gasteiger partial charge in [0, 0.05) is 9.79 Å². The van der Waals surface area contributed by atoms with Gasteiger partial charge in [-0.25, -0.2) is 0 Å². The number of hydrogen-bond donors (Lipinski definition) is 0. The first-order valence-corrected chi connectivity index (χ1v) is 12.6. The third-order valence-corrected chi connectivity index (χ3v) is 7.23. The number of nitrogens with zero attached hydrogens (tertiary/aromatic N) is 3. The van der Waals surface area contributed by atoms with Crippen LogP contribution in [0.5, 0.6) is 11.5 Å². The zero-order chi connectivity index (χ0) is 26.0. The Morgan fingerprint density at radius 1 is 1.00 bits per heavy atom. The van der Waals surface area contributed by atoms with Crippen molar-refractivity contribution < 1.29 is 31.9 Å². The van der Waals surface area contributed by atoms with Gasteiger partial charge < -0.3 is 13.9 Å². The van der Waals surface area contributed by atoms with Crippen LogP contribution < -0.4 is 14.4 Å². The van der Waals surface area contributed by atoms with Crippen LogP contribution in [0, 0.1) is 0 Å². The molecule has 2 heterocycles. The van der Waals surface area contributed by atoms with Crippen molar-refractivity contribution in [1.82, 2.24) is 10.2 Å². The summed E-state index contributed by atoms with van der Waals surface area (Å²) in [7, 11) is 1.57. The highest BCUT2D eigenvalue weighted by Gasteiger charge is 2.35. The van der Waals surface area contributed by atoms with Crippen molar-refractivity contribution in [2.45, 2.75) is 27.8 Å². The molecule has 0 aliphatic carbocycles. The lowest BCUT2D eigenvalue weighted by Crippen LogP contribution is -2.30. The lowest BCUT2D eigenvalue weighted by atomic mass is 10.1. The van der Waals surface area contributed by atoms with E-state index in [9.17, 15) is 18.0 Å². The molecular weight excluding hydrogens is 527 g/mol. The molecule has 4 aromatic rings. The number of rotatable bonds is 7. The molecule has 1 aliphatic heterocycles. The molecule has 0 saturated carbocycles. The maximum atomic E-state index is 13.4. The Labute approximate surface area is 218 Å². The standard InChI is InChI=1S/C25H18F3N3O4S2/c1-33-16-7-9-17(10-8-16)34-13-22-29-30-24(35-22)36-14-23(32)31-18-4-2-3-5-20(18)37-21-11-6-15(12-19(21)31)25(26,27)28/h2-12H,13-14H2,1H3. The van der Waals surface area contributed by atoms with Crippen LogP contribution in [-0.4, -0.2) is 29.0 Å². The van der Waals surface area contributed by atoms with E-state index < -0.39 is 17.6 Å². The van der Waals surface area contributed by atoms with E-state index in [-0.39, 0.29) is 29.2 Å². The Morgan fingerprint density at radius 2 is 1.73 bits per heavy atom. The number of halogens is 3. The number of hydrogen-bond acceptors (Lipinski definition) is 8. The molecule has 3 aromatic carbocycles. The van der Waals surface area contributed by atoms with Gasteiger partial charge in [-0.2, -0.15) is 13.2 Å². The average molecular weight is 546 g/mol. The minimum atomic E-state index is -4.53. The molecule has 0 atom stereocenters. The number of ether oxygens (including phenoxy) is 2. The SMILES string of the molecule is COc1ccc(OCc2nnc(SCC(=O)N3c4ccccc4Sc4ccc(C(F)(F)F)cc43)o2)cc1. The fraction of sp³-hybridized carbons (Fsp3) is 0.160. The van der Waals surface area contributed by atoms with Gasteiger partial charge in [0.2, 0.25) is 5.91 Å². The first kappa shape index (κ1) is 25.0. The monoisotopic (exact) mass is 545 g/mol. The first-order valence-electron chi connectivity index (χ1n) is 10.8. The van der Waals surface area contributed by atoms with Gasteiger partial charge >= 0.3 is 6.18 Å². The van der Waals surface area contributed by atoms with Gasteiger partial charge in [0.05, 0.1) is 29.8 Å². The Bertz CT molecular complexity index is 1430. The molecule has 0 saturated heterocycles. The van der Waals surface area contributed by atoms with Crippen molar-refractivity contribution >= 4 is 40.8 Å². The van der Waals surface area contributed by atoms with Gasteiger partial charge in [0.1, 0.15) is 11.5 Å². The molecule has 0 spiro atoms. The van der Waals surface area contributed by atoms with Crippen molar-refractivity contribution in [1.29, 1.82) is 0 Å². The highest BCUT2D eigenvalue weighted by atomic mass is 32.2. The number of benzene rings is 3. The van der Waals surface area contributed by atoms with Crippen LogP contribution in [0.4, 0.5) is 24.5 Å². The van der Waals surface area contributed by atoms with Gasteiger partial charge in [-0.1, -0.05) is 35.7 Å². The summed E-state index contributed by atoms with van der Waals surface area (Å²) in [6.07, 6.45) is -4.53. The van der Waals surface area contributed by atoms with Gasteiger partial charge in [-0.05, 0) is 54.6 Å². The summed E-state index contributed by atoms with van der Waals surface area (Å²) in [5, 5.41) is 8.00. The second-order valence-electron chi connectivity index (χ2n) is 7.69. The topological polar surface area (TPSA) is 77.7 Å². The number of carbonyl (C=O) groups is 1. The van der Waals surface area contributed by atoms with E-state index in [2.05, 4.69) is 10.2 Å². The molecular formula is C25H18F3N3O4S2. The maximum absolute atomic E-state index is 13.4. The predicted molar refractivity (Wildman–Crippen MR) is 132 cm³/mol. The second-order valence-corrected chi connectivity index (χ2v) is 9.70. The van der Waals surface area contributed by atoms with Crippen LogP contribution in [0.3, 0.4) is 0 Å². The molecule has 37 heavy (non-hydrogen) atoms. The third-order valence-electron chi connectivity index (χ3n) is 5.29. The van der Waals surface area contributed by atoms with Crippen molar-refractivity contribution in [2.24, 2.45) is 0 Å². The lowest BCUT2D eigenvalue weighted by molar-refractivity contribution is -0.137. The molecule has 0 bridgehead atoms. The molecule has 1 aromatic heterocycles. The van der Waals surface area contributed by atoms with Gasteiger partial charge in [0.25, 0.3) is 11.1 Å². The Kier molecular flexibility index (Phi) is 7.02. The largest absolute Gasteiger partial charge is 0.497 e. The number of aromatic nitrogens is 2. The first-order chi connectivity index (χ1) is 17.8. The van der Waals surface area contributed by atoms with E-state index in [0.717, 1.165) is 28.8 Å². The summed E-state index contributed by atoms with van der Waals surface area (Å²) >= 11 is 2.31. The van der Waals surface area contributed by atoms with Crippen LogP contribution in [-0.2, 0) is 17.6 Å². The fourth-order valence-corrected chi connectivity index (χ4v) is 5.23. The molecule has 12 heteroatoms. The summed E-state index contributed by atoms with van der Waals surface area (Å²) in [4.78, 5) is 16.0. The summed E-state index contributed by atoms with van der Waals surface area (Å²) < 4.78 is 56.5. The van der Waals surface area contributed by atoms with E-state index >= 15 is 0 Å². The van der Waals surface area contributed by atoms with E-state index in [1.54, 1.807) is 43.5 Å². The summed E-state index contributed by atoms with van der Waals surface area (Å²) in [6, 6.07) is 17.5. The van der Waals surface area contributed by atoms with Crippen molar-refractivity contribution in [3.05, 3.63) is 78.2 Å². The van der Waals surface area contributed by atoms with E-state index in [0.29, 0.717) is 22.1 Å². The number of methoxy groups -OCH3 is 1. The van der Waals surface area contributed by atoms with Gasteiger partial charge in [0.15, 0.2) is 6.61 Å². The Morgan fingerprint density at radius 3 is 2.49 bits per heavy atom. The van der Waals surface area contributed by atoms with Crippen LogP contribution >= 0.6 is 23.5 Å². The van der Waals surface area contributed by atoms with Crippen molar-refractivity contribution in [3.8, 4) is 11.5 Å². The Balaban J connectivity index is 1.29. The summed E-state index contributed by atoms with van der Waals surface area (Å²) in [5.41, 5.74) is -0.123. The van der Waals surface area contributed by atoms with E-state index in [1.165, 1.54) is 22.7 Å². The predicted octanol–water partition coefficient (Wildman–Crippen LogP) is 6.60. The zero-order valence-corrected chi connectivity index (χ0v) is 20.8. The number of anilines is 2. The molecule has 1 aliphatic rings. The minimum absolute atomic E-state index is 0.0259. The fourth-order valence-electron chi connectivity index (χ4n) is 3.56. The smallest absolute Gasteiger partial charge is 0.416 e. The number of amides is 1. The maximum Gasteiger partial charge on any atom is 0.416 e. The highest BCUT2D eigenvalue weighted by molar-refractivity contribution is 8.00. The highest BCUT2D eigenvalue weighted by Crippen LogP contribution is 2.49. The third kappa shape index (κ3) is 5.54. The lowest BCUT2D eigenvalue weighted by Gasteiger charge is -2.31. The molecule has 190 valence electrons. The number of carbonyl (C=O) groups excluding carboxylic acids is 1. The number of para-hydroxylation sites is 1. The molecule has 1 amide bonds. The minimum Gasteiger partial charge on any atom is -0.497 e. The molecule has 0 radical (unpaired) electrons. The van der Waals surface area contributed by atoms with Gasteiger partial charge in [-0.15, -0.1) is 10.2 Å². The summed E-state index contributed by atoms with van der Waals surface area (Å²) in [5.74, 6) is 0.941. The molecule has 0 N–H and O–H groups in total. The van der Waals surface area contributed by atoms with Gasteiger partial charge in [-0.3, -0.25) is 9.69 Å². The molecule has 0 unspecified atom stereocenters. The van der Waals surface area contributed by atoms with Crippen LogP contribution in [0.2, 0.25) is 0 Å². The van der Waals surface area contributed by atoms with Crippen LogP contribution in [0.1, 0.15) is 11.5 Å². The number of fused-ring (bicyclic) bond motifs is 2. The van der Waals surface area contributed by atoms with Crippen molar-refractivity contribution in [3.63, 3.8) is 0 Å². The van der Waals surface area contributed by atoms with Crippen LogP contribution in [0.15, 0.2) is 86.2 Å². The number of alkyl halides is 3. The average Bonchev–Trinajstić information content (AvgIpc) is 3.36.